The summed E-state index contributed by atoms with van der Waals surface area (Å²) in [5.41, 5.74) is 4.17. The second kappa shape index (κ2) is 11.4. The average Bonchev–Trinajstić information content (AvgIpc) is 2.87. The normalized spacial score (nSPS) is 18.5. The summed E-state index contributed by atoms with van der Waals surface area (Å²) < 4.78 is 3.35. The molecule has 1 aliphatic carbocycles. The van der Waals surface area contributed by atoms with Crippen LogP contribution in [0.5, 0.6) is 0 Å². The Hall–Kier alpha value is -2.34. The molecule has 1 aliphatic heterocycles. The number of piperidine rings is 1. The number of nitrogens with zero attached hydrogens (tertiary/aromatic N) is 1. The van der Waals surface area contributed by atoms with E-state index in [9.17, 15) is 4.79 Å². The first-order valence-corrected chi connectivity index (χ1v) is 13.6. The maximum atomic E-state index is 12.7. The topological polar surface area (TPSA) is 44.4 Å². The van der Waals surface area contributed by atoms with Crippen LogP contribution in [-0.2, 0) is 17.8 Å². The van der Waals surface area contributed by atoms with Gasteiger partial charge in [0.15, 0.2) is 0 Å². The highest BCUT2D eigenvalue weighted by Crippen LogP contribution is 2.31. The fourth-order valence-electron chi connectivity index (χ4n) is 5.29. The van der Waals surface area contributed by atoms with Crippen LogP contribution in [0, 0.1) is 0 Å². The largest absolute Gasteiger partial charge is 0.349 e. The van der Waals surface area contributed by atoms with Crippen molar-refractivity contribution < 1.29 is 4.79 Å². The molecular formula is C29H35N3OS. The summed E-state index contributed by atoms with van der Waals surface area (Å²) in [4.78, 5) is 16.4. The number of carbonyl (C=O) groups excluding carboxylic acids is 1. The third kappa shape index (κ3) is 6.01. The Kier molecular flexibility index (Phi) is 7.84. The van der Waals surface area contributed by atoms with Crippen molar-refractivity contribution >= 4 is 28.6 Å². The summed E-state index contributed by atoms with van der Waals surface area (Å²) in [5.74, 6) is 0.127. The summed E-state index contributed by atoms with van der Waals surface area (Å²) in [6, 6.07) is 21.9. The molecule has 0 aromatic heterocycles. The van der Waals surface area contributed by atoms with Crippen molar-refractivity contribution in [3.05, 3.63) is 77.4 Å². The lowest BCUT2D eigenvalue weighted by atomic mass is 9.86. The van der Waals surface area contributed by atoms with Gasteiger partial charge in [0.05, 0.1) is 6.04 Å². The van der Waals surface area contributed by atoms with Gasteiger partial charge >= 0.3 is 0 Å². The minimum Gasteiger partial charge on any atom is -0.349 e. The van der Waals surface area contributed by atoms with Crippen molar-refractivity contribution in [3.63, 3.8) is 0 Å². The SMILES string of the molecule is O=C(CCNSc1ccc2ccccc2c1)NC1CCCc2cc(CN3CCCCC3)ccc21. The number of fused-ring (bicyclic) bond motifs is 2. The molecule has 34 heavy (non-hydrogen) atoms. The van der Waals surface area contributed by atoms with E-state index < -0.39 is 0 Å². The van der Waals surface area contributed by atoms with Gasteiger partial charge in [0, 0.05) is 24.4 Å². The molecule has 5 heteroatoms. The summed E-state index contributed by atoms with van der Waals surface area (Å²) in [5, 5.41) is 5.79. The number of rotatable bonds is 8. The van der Waals surface area contributed by atoms with Crippen molar-refractivity contribution in [3.8, 4) is 0 Å². The molecule has 1 atom stereocenters. The fourth-order valence-corrected chi connectivity index (χ4v) is 5.98. The number of amides is 1. The number of hydrogen-bond donors (Lipinski definition) is 2. The number of benzene rings is 3. The Bertz CT molecular complexity index is 1130. The molecule has 3 aromatic rings. The molecule has 178 valence electrons. The number of hydrogen-bond acceptors (Lipinski definition) is 4. The van der Waals surface area contributed by atoms with Gasteiger partial charge in [0.2, 0.25) is 5.91 Å². The number of nitrogens with one attached hydrogen (secondary N) is 2. The molecule has 1 unspecified atom stereocenters. The highest BCUT2D eigenvalue weighted by atomic mass is 32.2. The van der Waals surface area contributed by atoms with Crippen LogP contribution in [0.3, 0.4) is 0 Å². The van der Waals surface area contributed by atoms with Crippen molar-refractivity contribution in [1.29, 1.82) is 0 Å². The molecule has 2 aliphatic rings. The van der Waals surface area contributed by atoms with E-state index in [-0.39, 0.29) is 11.9 Å². The molecule has 1 saturated heterocycles. The standard InChI is InChI=1S/C29H35N3OS/c33-29(15-16-30-34-26-13-12-23-7-2-3-8-24(23)20-26)31-28-10-6-9-25-19-22(11-14-27(25)28)21-32-17-4-1-5-18-32/h2-3,7-8,11-14,19-20,28,30H,1,4-6,9-10,15-18,21H2,(H,31,33). The Balaban J connectivity index is 1.10. The van der Waals surface area contributed by atoms with Crippen LogP contribution in [0.15, 0.2) is 65.6 Å². The number of carbonyl (C=O) groups is 1. The zero-order valence-corrected chi connectivity index (χ0v) is 20.7. The van der Waals surface area contributed by atoms with Gasteiger partial charge in [-0.1, -0.05) is 55.0 Å². The number of likely N-dealkylation sites (tertiary alicyclic amines) is 1. The second-order valence-corrected chi connectivity index (χ2v) is 10.6. The van der Waals surface area contributed by atoms with E-state index >= 15 is 0 Å². The van der Waals surface area contributed by atoms with E-state index in [1.807, 2.05) is 0 Å². The van der Waals surface area contributed by atoms with Gasteiger partial charge in [0.25, 0.3) is 0 Å². The van der Waals surface area contributed by atoms with Crippen molar-refractivity contribution in [2.45, 2.75) is 62.4 Å². The van der Waals surface area contributed by atoms with E-state index in [0.29, 0.717) is 13.0 Å². The van der Waals surface area contributed by atoms with Gasteiger partial charge in [-0.05, 0) is 96.7 Å². The first-order chi connectivity index (χ1) is 16.7. The zero-order chi connectivity index (χ0) is 23.2. The highest BCUT2D eigenvalue weighted by molar-refractivity contribution is 7.97. The van der Waals surface area contributed by atoms with E-state index in [0.717, 1.165) is 25.8 Å². The van der Waals surface area contributed by atoms with Gasteiger partial charge in [-0.3, -0.25) is 14.4 Å². The first-order valence-electron chi connectivity index (χ1n) is 12.8. The van der Waals surface area contributed by atoms with Crippen LogP contribution >= 0.6 is 11.9 Å². The highest BCUT2D eigenvalue weighted by Gasteiger charge is 2.22. The molecular weight excluding hydrogens is 438 g/mol. The van der Waals surface area contributed by atoms with Crippen LogP contribution in [0.25, 0.3) is 10.8 Å². The van der Waals surface area contributed by atoms with Gasteiger partial charge in [-0.15, -0.1) is 0 Å². The van der Waals surface area contributed by atoms with Crippen LogP contribution < -0.4 is 10.0 Å². The smallest absolute Gasteiger partial charge is 0.221 e. The fraction of sp³-hybridized carbons (Fsp3) is 0.414. The van der Waals surface area contributed by atoms with Crippen LogP contribution in [-0.4, -0.2) is 30.4 Å². The van der Waals surface area contributed by atoms with E-state index in [1.165, 1.54) is 64.7 Å². The van der Waals surface area contributed by atoms with Gasteiger partial charge in [-0.25, -0.2) is 0 Å². The Morgan fingerprint density at radius 1 is 0.941 bits per heavy atom. The molecule has 3 aromatic carbocycles. The quantitative estimate of drug-likeness (QED) is 0.311. The molecule has 5 rings (SSSR count). The van der Waals surface area contributed by atoms with E-state index in [4.69, 9.17) is 0 Å². The Labute approximate surface area is 207 Å². The van der Waals surface area contributed by atoms with Gasteiger partial charge in [-0.2, -0.15) is 0 Å². The van der Waals surface area contributed by atoms with Crippen LogP contribution in [0.2, 0.25) is 0 Å². The third-order valence-corrected chi connectivity index (χ3v) is 7.91. The van der Waals surface area contributed by atoms with Crippen molar-refractivity contribution in [2.24, 2.45) is 0 Å². The van der Waals surface area contributed by atoms with E-state index in [1.54, 1.807) is 11.9 Å². The molecule has 4 nitrogen and oxygen atoms in total. The van der Waals surface area contributed by atoms with Crippen LogP contribution in [0.4, 0.5) is 0 Å². The van der Waals surface area contributed by atoms with Crippen molar-refractivity contribution in [2.75, 3.05) is 19.6 Å². The van der Waals surface area contributed by atoms with Gasteiger partial charge < -0.3 is 5.32 Å². The lowest BCUT2D eigenvalue weighted by molar-refractivity contribution is -0.121. The lowest BCUT2D eigenvalue weighted by Gasteiger charge is -2.29. The summed E-state index contributed by atoms with van der Waals surface area (Å²) in [7, 11) is 0. The molecule has 1 amide bonds. The summed E-state index contributed by atoms with van der Waals surface area (Å²) >= 11 is 1.59. The average molecular weight is 474 g/mol. The summed E-state index contributed by atoms with van der Waals surface area (Å²) in [6.45, 7) is 4.16. The molecule has 0 saturated carbocycles. The monoisotopic (exact) mass is 473 g/mol. The minimum atomic E-state index is 0.127. The first kappa shape index (κ1) is 23.4. The van der Waals surface area contributed by atoms with E-state index in [2.05, 4.69) is 75.6 Å². The maximum Gasteiger partial charge on any atom is 0.221 e. The molecule has 0 radical (unpaired) electrons. The Morgan fingerprint density at radius 3 is 2.68 bits per heavy atom. The molecule has 1 heterocycles. The molecule has 0 spiro atoms. The Morgan fingerprint density at radius 2 is 1.79 bits per heavy atom. The molecule has 2 N–H and O–H groups in total. The molecule has 0 bridgehead atoms. The zero-order valence-electron chi connectivity index (χ0n) is 19.9. The molecule has 1 fully saturated rings. The van der Waals surface area contributed by atoms with Gasteiger partial charge in [0.1, 0.15) is 0 Å². The van der Waals surface area contributed by atoms with Crippen molar-refractivity contribution in [1.82, 2.24) is 14.9 Å². The van der Waals surface area contributed by atoms with Crippen LogP contribution in [0.1, 0.15) is 61.3 Å². The minimum absolute atomic E-state index is 0.127. The predicted octanol–water partition coefficient (Wildman–Crippen LogP) is 6.01. The lowest BCUT2D eigenvalue weighted by Crippen LogP contribution is -2.32. The maximum absolute atomic E-state index is 12.7. The second-order valence-electron chi connectivity index (χ2n) is 9.64. The third-order valence-electron chi connectivity index (χ3n) is 7.08. The predicted molar refractivity (Wildman–Crippen MR) is 142 cm³/mol. The number of aryl methyl sites for hydroxylation is 1. The summed E-state index contributed by atoms with van der Waals surface area (Å²) in [6.07, 6.45) is 7.81.